The number of hydrogen-bond acceptors (Lipinski definition) is 4. The van der Waals surface area contributed by atoms with E-state index in [2.05, 4.69) is 53.4 Å². The van der Waals surface area contributed by atoms with Crippen LogP contribution in [0.5, 0.6) is 0 Å². The Labute approximate surface area is 175 Å². The summed E-state index contributed by atoms with van der Waals surface area (Å²) in [6, 6.07) is 20.9. The third-order valence-corrected chi connectivity index (χ3v) is 4.33. The molecule has 0 atom stereocenters. The number of carbonyl (C=O) groups is 1. The zero-order valence-electron chi connectivity index (χ0n) is 18.1. The van der Waals surface area contributed by atoms with Gasteiger partial charge in [-0.15, -0.1) is 0 Å². The first-order chi connectivity index (χ1) is 13.8. The molecule has 0 saturated heterocycles. The van der Waals surface area contributed by atoms with Crippen molar-refractivity contribution < 1.29 is 14.3 Å². The molecule has 0 N–H and O–H groups in total. The van der Waals surface area contributed by atoms with Gasteiger partial charge in [0.1, 0.15) is 5.60 Å². The van der Waals surface area contributed by atoms with Crippen molar-refractivity contribution in [2.75, 3.05) is 33.4 Å². The van der Waals surface area contributed by atoms with Gasteiger partial charge in [-0.05, 0) is 31.9 Å². The van der Waals surface area contributed by atoms with Gasteiger partial charge in [0.15, 0.2) is 0 Å². The molecule has 0 spiro atoms. The number of ether oxygens (including phenoxy) is 2. The van der Waals surface area contributed by atoms with Gasteiger partial charge in [0.05, 0.1) is 13.2 Å². The molecule has 0 radical (unpaired) electrons. The van der Waals surface area contributed by atoms with Crippen molar-refractivity contribution in [1.82, 2.24) is 9.80 Å². The molecule has 0 fully saturated rings. The van der Waals surface area contributed by atoms with Crippen LogP contribution in [0.4, 0.5) is 4.79 Å². The van der Waals surface area contributed by atoms with Gasteiger partial charge in [-0.25, -0.2) is 4.79 Å². The van der Waals surface area contributed by atoms with E-state index in [9.17, 15) is 4.79 Å². The van der Waals surface area contributed by atoms with Gasteiger partial charge >= 0.3 is 6.09 Å². The predicted molar refractivity (Wildman–Crippen MR) is 117 cm³/mol. The van der Waals surface area contributed by atoms with Gasteiger partial charge in [-0.1, -0.05) is 60.7 Å². The highest BCUT2D eigenvalue weighted by Crippen LogP contribution is 2.10. The van der Waals surface area contributed by atoms with Crippen LogP contribution in [0.2, 0.25) is 0 Å². The molecule has 0 aliphatic heterocycles. The van der Waals surface area contributed by atoms with E-state index in [1.165, 1.54) is 11.1 Å². The van der Waals surface area contributed by atoms with E-state index in [1.807, 2.05) is 32.9 Å². The average molecular weight is 399 g/mol. The zero-order valence-corrected chi connectivity index (χ0v) is 18.1. The first kappa shape index (κ1) is 22.9. The van der Waals surface area contributed by atoms with Crippen molar-refractivity contribution in [2.45, 2.75) is 39.5 Å². The summed E-state index contributed by atoms with van der Waals surface area (Å²) in [7, 11) is 1.73. The van der Waals surface area contributed by atoms with Crippen LogP contribution in [0.25, 0.3) is 0 Å². The Kier molecular flexibility index (Phi) is 9.16. The molecule has 0 aliphatic carbocycles. The zero-order chi connectivity index (χ0) is 21.1. The van der Waals surface area contributed by atoms with Gasteiger partial charge in [0.2, 0.25) is 0 Å². The lowest BCUT2D eigenvalue weighted by Gasteiger charge is -2.25. The van der Waals surface area contributed by atoms with Crippen LogP contribution in [-0.4, -0.2) is 54.8 Å². The molecule has 0 aromatic heterocycles. The van der Waals surface area contributed by atoms with Crippen molar-refractivity contribution in [3.63, 3.8) is 0 Å². The minimum Gasteiger partial charge on any atom is -0.444 e. The molecule has 2 aromatic rings. The number of likely N-dealkylation sites (N-methyl/N-ethyl adjacent to an activating group) is 1. The smallest absolute Gasteiger partial charge is 0.410 e. The molecule has 5 nitrogen and oxygen atoms in total. The SMILES string of the molecule is CN(CCOCCN(Cc1ccccc1)Cc1ccccc1)C(=O)OC(C)(C)C. The van der Waals surface area contributed by atoms with Crippen molar-refractivity contribution in [2.24, 2.45) is 0 Å². The van der Waals surface area contributed by atoms with Gasteiger partial charge in [0.25, 0.3) is 0 Å². The molecule has 0 heterocycles. The molecule has 29 heavy (non-hydrogen) atoms. The van der Waals surface area contributed by atoms with Crippen LogP contribution >= 0.6 is 0 Å². The summed E-state index contributed by atoms with van der Waals surface area (Å²) in [5.74, 6) is 0. The first-order valence-corrected chi connectivity index (χ1v) is 10.2. The Balaban J connectivity index is 1.77. The summed E-state index contributed by atoms with van der Waals surface area (Å²) in [4.78, 5) is 15.9. The molecular weight excluding hydrogens is 364 g/mol. The number of benzene rings is 2. The third-order valence-electron chi connectivity index (χ3n) is 4.33. The fraction of sp³-hybridized carbons (Fsp3) is 0.458. The topological polar surface area (TPSA) is 42.0 Å². The first-order valence-electron chi connectivity index (χ1n) is 10.2. The monoisotopic (exact) mass is 398 g/mol. The maximum atomic E-state index is 12.0. The summed E-state index contributed by atoms with van der Waals surface area (Å²) < 4.78 is 11.2. The van der Waals surface area contributed by atoms with Crippen molar-refractivity contribution >= 4 is 6.09 Å². The quantitative estimate of drug-likeness (QED) is 0.550. The minimum absolute atomic E-state index is 0.323. The highest BCUT2D eigenvalue weighted by atomic mass is 16.6. The predicted octanol–water partition coefficient (Wildman–Crippen LogP) is 4.57. The Morgan fingerprint density at radius 2 is 1.31 bits per heavy atom. The van der Waals surface area contributed by atoms with Gasteiger partial charge < -0.3 is 14.4 Å². The van der Waals surface area contributed by atoms with Crippen molar-refractivity contribution in [1.29, 1.82) is 0 Å². The highest BCUT2D eigenvalue weighted by Gasteiger charge is 2.19. The summed E-state index contributed by atoms with van der Waals surface area (Å²) in [5.41, 5.74) is 2.09. The van der Waals surface area contributed by atoms with Crippen molar-refractivity contribution in [3.8, 4) is 0 Å². The maximum absolute atomic E-state index is 12.0. The standard InChI is InChI=1S/C24H34N2O3/c1-24(2,3)29-23(27)25(4)15-17-28-18-16-26(19-21-11-7-5-8-12-21)20-22-13-9-6-10-14-22/h5-14H,15-20H2,1-4H3. The molecule has 0 aliphatic rings. The second-order valence-corrected chi connectivity index (χ2v) is 8.20. The molecule has 2 aromatic carbocycles. The van der Waals surface area contributed by atoms with Crippen LogP contribution in [-0.2, 0) is 22.6 Å². The molecule has 5 heteroatoms. The Hall–Kier alpha value is -2.37. The van der Waals surface area contributed by atoms with Crippen LogP contribution in [0.1, 0.15) is 31.9 Å². The molecule has 1 amide bonds. The minimum atomic E-state index is -0.485. The molecule has 158 valence electrons. The summed E-state index contributed by atoms with van der Waals surface area (Å²) in [6.07, 6.45) is -0.323. The summed E-state index contributed by atoms with van der Waals surface area (Å²) in [5, 5.41) is 0. The number of hydrogen-bond donors (Lipinski definition) is 0. The van der Waals surface area contributed by atoms with E-state index in [4.69, 9.17) is 9.47 Å². The summed E-state index contributed by atoms with van der Waals surface area (Å²) in [6.45, 7) is 9.76. The van der Waals surface area contributed by atoms with Crippen LogP contribution in [0.3, 0.4) is 0 Å². The van der Waals surface area contributed by atoms with E-state index in [1.54, 1.807) is 11.9 Å². The van der Waals surface area contributed by atoms with Crippen LogP contribution in [0.15, 0.2) is 60.7 Å². The van der Waals surface area contributed by atoms with E-state index < -0.39 is 5.60 Å². The lowest BCUT2D eigenvalue weighted by Crippen LogP contribution is -2.36. The Bertz CT molecular complexity index is 672. The molecule has 0 unspecified atom stereocenters. The number of nitrogens with zero attached hydrogens (tertiary/aromatic N) is 2. The van der Waals surface area contributed by atoms with E-state index >= 15 is 0 Å². The van der Waals surface area contributed by atoms with Gasteiger partial charge in [-0.2, -0.15) is 0 Å². The Morgan fingerprint density at radius 1 is 0.828 bits per heavy atom. The normalized spacial score (nSPS) is 11.5. The van der Waals surface area contributed by atoms with Gasteiger partial charge in [0, 0.05) is 33.2 Å². The molecular formula is C24H34N2O3. The summed E-state index contributed by atoms with van der Waals surface area (Å²) >= 11 is 0. The third kappa shape index (κ3) is 9.59. The highest BCUT2D eigenvalue weighted by molar-refractivity contribution is 5.67. The second-order valence-electron chi connectivity index (χ2n) is 8.20. The fourth-order valence-corrected chi connectivity index (χ4v) is 2.83. The number of amides is 1. The van der Waals surface area contributed by atoms with Gasteiger partial charge in [-0.3, -0.25) is 4.90 Å². The van der Waals surface area contributed by atoms with Crippen LogP contribution < -0.4 is 0 Å². The van der Waals surface area contributed by atoms with E-state index in [0.29, 0.717) is 19.8 Å². The molecule has 0 bridgehead atoms. The molecule has 2 rings (SSSR count). The van der Waals surface area contributed by atoms with E-state index in [-0.39, 0.29) is 6.09 Å². The fourth-order valence-electron chi connectivity index (χ4n) is 2.83. The van der Waals surface area contributed by atoms with Crippen LogP contribution in [0, 0.1) is 0 Å². The number of carbonyl (C=O) groups excluding carboxylic acids is 1. The van der Waals surface area contributed by atoms with Crippen molar-refractivity contribution in [3.05, 3.63) is 71.8 Å². The molecule has 0 saturated carbocycles. The lowest BCUT2D eigenvalue weighted by molar-refractivity contribution is 0.0216. The average Bonchev–Trinajstić information content (AvgIpc) is 2.67. The number of rotatable bonds is 10. The maximum Gasteiger partial charge on any atom is 0.410 e. The Morgan fingerprint density at radius 3 is 1.79 bits per heavy atom. The largest absolute Gasteiger partial charge is 0.444 e. The lowest BCUT2D eigenvalue weighted by atomic mass is 10.1. The second kappa shape index (κ2) is 11.6. The van der Waals surface area contributed by atoms with E-state index in [0.717, 1.165) is 19.6 Å².